The van der Waals surface area contributed by atoms with Crippen molar-refractivity contribution in [1.82, 2.24) is 10.5 Å². The Balaban J connectivity index is 1.81. The lowest BCUT2D eigenvalue weighted by atomic mass is 10.3. The van der Waals surface area contributed by atoms with Crippen LogP contribution in [0.1, 0.15) is 41.9 Å². The Morgan fingerprint density at radius 1 is 1.47 bits per heavy atom. The number of pyridine rings is 1. The molecule has 1 fully saturated rings. The van der Waals surface area contributed by atoms with E-state index in [0.29, 0.717) is 12.2 Å². The summed E-state index contributed by atoms with van der Waals surface area (Å²) in [5, 5.41) is 8.79. The molecule has 92 valence electrons. The number of hydroxylamine groups is 1. The van der Waals surface area contributed by atoms with Crippen molar-refractivity contribution < 1.29 is 14.7 Å². The summed E-state index contributed by atoms with van der Waals surface area (Å²) in [6, 6.07) is 4.93. The van der Waals surface area contributed by atoms with E-state index in [1.807, 2.05) is 0 Å². The Morgan fingerprint density at radius 3 is 2.94 bits per heavy atom. The highest BCUT2D eigenvalue weighted by molar-refractivity contribution is 5.85. The monoisotopic (exact) mass is 236 g/mol. The fourth-order valence-corrected chi connectivity index (χ4v) is 1.94. The van der Waals surface area contributed by atoms with E-state index in [1.165, 1.54) is 18.9 Å². The Kier molecular flexibility index (Phi) is 4.06. The molecule has 1 aromatic heterocycles. The van der Waals surface area contributed by atoms with Crippen molar-refractivity contribution in [2.75, 3.05) is 0 Å². The van der Waals surface area contributed by atoms with E-state index in [9.17, 15) is 4.79 Å². The molecule has 2 N–H and O–H groups in total. The van der Waals surface area contributed by atoms with Gasteiger partial charge in [-0.3, -0.25) is 4.84 Å². The van der Waals surface area contributed by atoms with Crippen LogP contribution in [-0.2, 0) is 11.4 Å². The maximum atomic E-state index is 10.7. The number of hydrogen-bond acceptors (Lipinski definition) is 4. The van der Waals surface area contributed by atoms with E-state index in [1.54, 1.807) is 12.1 Å². The number of nitrogens with zero attached hydrogens (tertiary/aromatic N) is 1. The molecule has 0 amide bonds. The molecule has 0 aromatic carbocycles. The van der Waals surface area contributed by atoms with Gasteiger partial charge in [-0.2, -0.15) is 5.48 Å². The Morgan fingerprint density at radius 2 is 2.24 bits per heavy atom. The van der Waals surface area contributed by atoms with Crippen molar-refractivity contribution >= 4 is 5.97 Å². The number of hydrogen-bond donors (Lipinski definition) is 2. The summed E-state index contributed by atoms with van der Waals surface area (Å²) in [7, 11) is 0. The molecule has 1 aromatic rings. The van der Waals surface area contributed by atoms with Crippen molar-refractivity contribution in [3.63, 3.8) is 0 Å². The lowest BCUT2D eigenvalue weighted by Gasteiger charge is -2.11. The maximum Gasteiger partial charge on any atom is 0.354 e. The van der Waals surface area contributed by atoms with Gasteiger partial charge in [0.1, 0.15) is 5.69 Å². The van der Waals surface area contributed by atoms with Crippen LogP contribution in [0.25, 0.3) is 0 Å². The first-order chi connectivity index (χ1) is 8.25. The molecule has 5 nitrogen and oxygen atoms in total. The Bertz CT molecular complexity index is 389. The highest BCUT2D eigenvalue weighted by Crippen LogP contribution is 2.19. The molecule has 0 atom stereocenters. The number of aromatic nitrogens is 1. The molecule has 0 radical (unpaired) electrons. The van der Waals surface area contributed by atoms with Crippen LogP contribution in [0.5, 0.6) is 0 Å². The van der Waals surface area contributed by atoms with Crippen LogP contribution in [-0.4, -0.2) is 22.2 Å². The molecule has 5 heteroatoms. The molecule has 17 heavy (non-hydrogen) atoms. The van der Waals surface area contributed by atoms with Crippen LogP contribution >= 0.6 is 0 Å². The predicted molar refractivity (Wildman–Crippen MR) is 61.4 cm³/mol. The van der Waals surface area contributed by atoms with Crippen molar-refractivity contribution in [3.8, 4) is 0 Å². The quantitative estimate of drug-likeness (QED) is 0.762. The lowest BCUT2D eigenvalue weighted by molar-refractivity contribution is -0.0249. The number of carboxylic acids is 1. The summed E-state index contributed by atoms with van der Waals surface area (Å²) < 4.78 is 0. The summed E-state index contributed by atoms with van der Waals surface area (Å²) in [5.41, 5.74) is 3.58. The van der Waals surface area contributed by atoms with Crippen molar-refractivity contribution in [1.29, 1.82) is 0 Å². The first kappa shape index (κ1) is 12.0. The third-order valence-corrected chi connectivity index (χ3v) is 2.83. The first-order valence-electron chi connectivity index (χ1n) is 5.83. The molecule has 0 bridgehead atoms. The standard InChI is InChI=1S/C12H16N2O3/c15-12(16)11-7-3-4-9(14-11)8-13-17-10-5-1-2-6-10/h3-4,7,10,13H,1-2,5-6,8H2,(H,15,16). The summed E-state index contributed by atoms with van der Waals surface area (Å²) in [4.78, 5) is 20.2. The third kappa shape index (κ3) is 3.51. The summed E-state index contributed by atoms with van der Waals surface area (Å²) in [6.07, 6.45) is 4.92. The highest BCUT2D eigenvalue weighted by Gasteiger charge is 2.15. The Hall–Kier alpha value is -1.46. The van der Waals surface area contributed by atoms with Gasteiger partial charge in [-0.15, -0.1) is 0 Å². The average Bonchev–Trinajstić information content (AvgIpc) is 2.82. The predicted octanol–water partition coefficient (Wildman–Crippen LogP) is 1.74. The SMILES string of the molecule is O=C(O)c1cccc(CNOC2CCCC2)n1. The molecular weight excluding hydrogens is 220 g/mol. The summed E-state index contributed by atoms with van der Waals surface area (Å²) >= 11 is 0. The molecule has 1 heterocycles. The van der Waals surface area contributed by atoms with E-state index in [2.05, 4.69) is 10.5 Å². The second-order valence-electron chi connectivity index (χ2n) is 4.16. The molecule has 2 rings (SSSR count). The minimum atomic E-state index is -1.01. The molecule has 0 aliphatic heterocycles. The number of carbonyl (C=O) groups is 1. The van der Waals surface area contributed by atoms with Crippen LogP contribution < -0.4 is 5.48 Å². The molecule has 0 unspecified atom stereocenters. The molecule has 0 saturated heterocycles. The van der Waals surface area contributed by atoms with E-state index in [0.717, 1.165) is 12.8 Å². The van der Waals surface area contributed by atoms with Crippen LogP contribution in [0.3, 0.4) is 0 Å². The van der Waals surface area contributed by atoms with Gasteiger partial charge in [0.2, 0.25) is 0 Å². The second-order valence-corrected chi connectivity index (χ2v) is 4.16. The van der Waals surface area contributed by atoms with Gasteiger partial charge in [-0.25, -0.2) is 9.78 Å². The van der Waals surface area contributed by atoms with E-state index in [-0.39, 0.29) is 11.8 Å². The number of rotatable bonds is 5. The molecule has 0 spiro atoms. The van der Waals surface area contributed by atoms with Gasteiger partial charge in [0.15, 0.2) is 0 Å². The van der Waals surface area contributed by atoms with Crippen LogP contribution in [0.2, 0.25) is 0 Å². The maximum absolute atomic E-state index is 10.7. The minimum Gasteiger partial charge on any atom is -0.477 e. The van der Waals surface area contributed by atoms with Gasteiger partial charge in [0, 0.05) is 0 Å². The number of carboxylic acid groups (broad SMARTS) is 1. The van der Waals surface area contributed by atoms with Crippen molar-refractivity contribution in [3.05, 3.63) is 29.6 Å². The second kappa shape index (κ2) is 5.75. The number of nitrogens with one attached hydrogen (secondary N) is 1. The van der Waals surface area contributed by atoms with E-state index >= 15 is 0 Å². The van der Waals surface area contributed by atoms with E-state index < -0.39 is 5.97 Å². The van der Waals surface area contributed by atoms with Crippen LogP contribution in [0.15, 0.2) is 18.2 Å². The zero-order chi connectivity index (χ0) is 12.1. The van der Waals surface area contributed by atoms with Crippen LogP contribution in [0, 0.1) is 0 Å². The zero-order valence-corrected chi connectivity index (χ0v) is 9.56. The van der Waals surface area contributed by atoms with E-state index in [4.69, 9.17) is 9.94 Å². The van der Waals surface area contributed by atoms with Gasteiger partial charge in [0.25, 0.3) is 0 Å². The van der Waals surface area contributed by atoms with Gasteiger partial charge >= 0.3 is 5.97 Å². The Labute approximate surface area is 99.8 Å². The summed E-state index contributed by atoms with van der Waals surface area (Å²) in [6.45, 7) is 0.428. The highest BCUT2D eigenvalue weighted by atomic mass is 16.7. The van der Waals surface area contributed by atoms with Gasteiger partial charge in [-0.1, -0.05) is 18.9 Å². The van der Waals surface area contributed by atoms with Crippen LogP contribution in [0.4, 0.5) is 0 Å². The summed E-state index contributed by atoms with van der Waals surface area (Å²) in [5.74, 6) is -1.01. The minimum absolute atomic E-state index is 0.0603. The molecule has 1 saturated carbocycles. The fraction of sp³-hybridized carbons (Fsp3) is 0.500. The largest absolute Gasteiger partial charge is 0.477 e. The molecule has 1 aliphatic carbocycles. The molecular formula is C12H16N2O3. The molecule has 1 aliphatic rings. The smallest absolute Gasteiger partial charge is 0.354 e. The first-order valence-corrected chi connectivity index (χ1v) is 5.83. The zero-order valence-electron chi connectivity index (χ0n) is 9.56. The lowest BCUT2D eigenvalue weighted by Crippen LogP contribution is -2.22. The fourth-order valence-electron chi connectivity index (χ4n) is 1.94. The van der Waals surface area contributed by atoms with Gasteiger partial charge in [-0.05, 0) is 25.0 Å². The third-order valence-electron chi connectivity index (χ3n) is 2.83. The average molecular weight is 236 g/mol. The topological polar surface area (TPSA) is 71.5 Å². The van der Waals surface area contributed by atoms with Gasteiger partial charge in [0.05, 0.1) is 18.3 Å². The van der Waals surface area contributed by atoms with Crippen molar-refractivity contribution in [2.24, 2.45) is 0 Å². The number of aromatic carboxylic acids is 1. The normalized spacial score (nSPS) is 16.2. The van der Waals surface area contributed by atoms with Gasteiger partial charge < -0.3 is 5.11 Å². The van der Waals surface area contributed by atoms with Crippen molar-refractivity contribution in [2.45, 2.75) is 38.3 Å².